The Hall–Kier alpha value is -1.68. The predicted octanol–water partition coefficient (Wildman–Crippen LogP) is 2.21. The van der Waals surface area contributed by atoms with Gasteiger partial charge in [-0.3, -0.25) is 0 Å². The Morgan fingerprint density at radius 1 is 1.45 bits per heavy atom. The maximum absolute atomic E-state index is 5.26. The minimum atomic E-state index is 0.792. The van der Waals surface area contributed by atoms with Crippen molar-refractivity contribution in [3.8, 4) is 12.3 Å². The monoisotopic (exact) mass is 141 g/mol. The third-order valence-corrected chi connectivity index (χ3v) is 1.57. The Kier molecular flexibility index (Phi) is 1.20. The van der Waals surface area contributed by atoms with Crippen LogP contribution in [-0.4, -0.2) is 0 Å². The highest BCUT2D eigenvalue weighted by molar-refractivity contribution is 5.83. The van der Waals surface area contributed by atoms with Crippen LogP contribution >= 0.6 is 0 Å². The summed E-state index contributed by atoms with van der Waals surface area (Å²) in [5, 5.41) is 0.884. The molecule has 11 heavy (non-hydrogen) atoms. The van der Waals surface area contributed by atoms with Crippen LogP contribution < -0.4 is 0 Å². The summed E-state index contributed by atoms with van der Waals surface area (Å²) < 4.78 is 5.11. The van der Waals surface area contributed by atoms with E-state index in [1.54, 1.807) is 0 Å². The average molecular weight is 141 g/mol. The molecule has 51 valence electrons. The van der Waals surface area contributed by atoms with E-state index >= 15 is 0 Å². The van der Waals surface area contributed by atoms with E-state index in [0.29, 0.717) is 0 Å². The molecule has 0 atom stereocenters. The van der Waals surface area contributed by atoms with E-state index in [-0.39, 0.29) is 0 Å². The highest BCUT2D eigenvalue weighted by atomic mass is 16.3. The number of hydrogen-bond acceptors (Lipinski definition) is 1. The minimum absolute atomic E-state index is 0.792. The molecule has 0 saturated heterocycles. The fourth-order valence-electron chi connectivity index (χ4n) is 1.05. The standard InChI is InChI=1S/C10H5O/c1-2-8-4-3-5-10-9(8)6-7-11-10/h1,3-5,7H. The van der Waals surface area contributed by atoms with Crippen LogP contribution in [0.3, 0.4) is 0 Å². The van der Waals surface area contributed by atoms with Gasteiger partial charge in [0.15, 0.2) is 0 Å². The fraction of sp³-hybridized carbons (Fsp3) is 0. The van der Waals surface area contributed by atoms with Gasteiger partial charge in [0.2, 0.25) is 0 Å². The highest BCUT2D eigenvalue weighted by Gasteiger charge is 1.99. The maximum atomic E-state index is 5.26. The summed E-state index contributed by atoms with van der Waals surface area (Å²) >= 11 is 0. The number of hydrogen-bond donors (Lipinski definition) is 0. The fourth-order valence-corrected chi connectivity index (χ4v) is 1.05. The number of terminal acetylenes is 1. The number of benzene rings is 1. The van der Waals surface area contributed by atoms with Gasteiger partial charge in [0.1, 0.15) is 5.58 Å². The Morgan fingerprint density at radius 2 is 2.36 bits per heavy atom. The molecule has 1 aromatic heterocycles. The zero-order chi connectivity index (χ0) is 7.68. The zero-order valence-corrected chi connectivity index (χ0v) is 5.79. The van der Waals surface area contributed by atoms with Crippen molar-refractivity contribution in [1.29, 1.82) is 0 Å². The van der Waals surface area contributed by atoms with E-state index in [1.807, 2.05) is 18.2 Å². The molecule has 1 heteroatoms. The molecule has 1 radical (unpaired) electrons. The first kappa shape index (κ1) is 6.06. The lowest BCUT2D eigenvalue weighted by Crippen LogP contribution is -1.72. The van der Waals surface area contributed by atoms with Crippen LogP contribution in [0.15, 0.2) is 28.9 Å². The third kappa shape index (κ3) is 0.805. The van der Waals surface area contributed by atoms with Crippen LogP contribution in [0, 0.1) is 18.4 Å². The zero-order valence-electron chi connectivity index (χ0n) is 5.79. The SMILES string of the molecule is C#Cc1cccc2oc[c]c12. The van der Waals surface area contributed by atoms with Crippen molar-refractivity contribution < 1.29 is 4.42 Å². The second kappa shape index (κ2) is 2.17. The molecular weight excluding hydrogens is 136 g/mol. The molecule has 0 aliphatic heterocycles. The van der Waals surface area contributed by atoms with Crippen molar-refractivity contribution in [2.45, 2.75) is 0 Å². The van der Waals surface area contributed by atoms with Crippen molar-refractivity contribution in [1.82, 2.24) is 0 Å². The van der Waals surface area contributed by atoms with Gasteiger partial charge in [-0.05, 0) is 12.1 Å². The lowest BCUT2D eigenvalue weighted by atomic mass is 10.1. The summed E-state index contributed by atoms with van der Waals surface area (Å²) in [7, 11) is 0. The Morgan fingerprint density at radius 3 is 3.18 bits per heavy atom. The summed E-state index contributed by atoms with van der Waals surface area (Å²) in [5.41, 5.74) is 1.62. The van der Waals surface area contributed by atoms with Crippen LogP contribution in [0.5, 0.6) is 0 Å². The Balaban J connectivity index is 2.92. The molecule has 1 nitrogen and oxygen atoms in total. The van der Waals surface area contributed by atoms with Crippen LogP contribution in [0.4, 0.5) is 0 Å². The molecule has 2 aromatic rings. The van der Waals surface area contributed by atoms with Crippen molar-refractivity contribution in [2.75, 3.05) is 0 Å². The normalized spacial score (nSPS) is 9.73. The smallest absolute Gasteiger partial charge is 0.135 e. The van der Waals surface area contributed by atoms with Crippen molar-refractivity contribution >= 4 is 11.0 Å². The quantitative estimate of drug-likeness (QED) is 0.512. The summed E-state index contributed by atoms with van der Waals surface area (Å²) in [6, 6.07) is 8.54. The first-order chi connectivity index (χ1) is 5.42. The van der Waals surface area contributed by atoms with Crippen molar-refractivity contribution in [3.05, 3.63) is 36.1 Å². The van der Waals surface area contributed by atoms with Gasteiger partial charge < -0.3 is 4.42 Å². The van der Waals surface area contributed by atoms with E-state index in [0.717, 1.165) is 16.5 Å². The summed E-state index contributed by atoms with van der Waals surface area (Å²) in [4.78, 5) is 0. The Bertz CT molecular complexity index is 418. The van der Waals surface area contributed by atoms with Gasteiger partial charge in [-0.15, -0.1) is 6.42 Å². The molecule has 0 amide bonds. The molecule has 0 spiro atoms. The second-order valence-electron chi connectivity index (χ2n) is 2.20. The highest BCUT2D eigenvalue weighted by Crippen LogP contribution is 2.17. The number of rotatable bonds is 0. The number of fused-ring (bicyclic) bond motifs is 1. The van der Waals surface area contributed by atoms with Gasteiger partial charge in [0, 0.05) is 17.0 Å². The molecule has 2 rings (SSSR count). The van der Waals surface area contributed by atoms with Crippen molar-refractivity contribution in [2.24, 2.45) is 0 Å². The maximum Gasteiger partial charge on any atom is 0.135 e. The molecule has 1 heterocycles. The average Bonchev–Trinajstić information content (AvgIpc) is 2.50. The van der Waals surface area contributed by atoms with Crippen molar-refractivity contribution in [3.63, 3.8) is 0 Å². The van der Waals surface area contributed by atoms with Gasteiger partial charge in [-0.1, -0.05) is 12.0 Å². The molecule has 0 N–H and O–H groups in total. The third-order valence-electron chi connectivity index (χ3n) is 1.57. The lowest BCUT2D eigenvalue weighted by molar-refractivity contribution is 0.615. The first-order valence-electron chi connectivity index (χ1n) is 3.26. The van der Waals surface area contributed by atoms with Gasteiger partial charge >= 0.3 is 0 Å². The molecule has 0 bridgehead atoms. The first-order valence-corrected chi connectivity index (χ1v) is 3.26. The van der Waals surface area contributed by atoms with Gasteiger partial charge in [0.25, 0.3) is 0 Å². The summed E-state index contributed by atoms with van der Waals surface area (Å²) in [5.74, 6) is 2.56. The van der Waals surface area contributed by atoms with Crippen LogP contribution in [-0.2, 0) is 0 Å². The van der Waals surface area contributed by atoms with E-state index in [9.17, 15) is 0 Å². The molecule has 0 aliphatic rings. The van der Waals surface area contributed by atoms with Gasteiger partial charge in [0.05, 0.1) is 6.26 Å². The summed E-state index contributed by atoms with van der Waals surface area (Å²) in [6.45, 7) is 0. The minimum Gasteiger partial charge on any atom is -0.464 e. The molecule has 0 fully saturated rings. The Labute approximate surface area is 64.6 Å². The molecular formula is C10H5O. The van der Waals surface area contributed by atoms with Crippen LogP contribution in [0.1, 0.15) is 5.56 Å². The number of furan rings is 1. The summed E-state index contributed by atoms with van der Waals surface area (Å²) in [6.07, 6.45) is 6.78. The molecule has 0 unspecified atom stereocenters. The second-order valence-corrected chi connectivity index (χ2v) is 2.20. The molecule has 0 saturated carbocycles. The predicted molar refractivity (Wildman–Crippen MR) is 43.0 cm³/mol. The van der Waals surface area contributed by atoms with Crippen LogP contribution in [0.25, 0.3) is 11.0 Å². The van der Waals surface area contributed by atoms with Gasteiger partial charge in [-0.25, -0.2) is 0 Å². The lowest BCUT2D eigenvalue weighted by Gasteiger charge is -1.89. The largest absolute Gasteiger partial charge is 0.464 e. The molecule has 1 aromatic carbocycles. The van der Waals surface area contributed by atoms with E-state index in [4.69, 9.17) is 10.8 Å². The van der Waals surface area contributed by atoms with E-state index in [2.05, 4.69) is 12.0 Å². The topological polar surface area (TPSA) is 13.1 Å². The van der Waals surface area contributed by atoms with Crippen LogP contribution in [0.2, 0.25) is 0 Å². The van der Waals surface area contributed by atoms with Gasteiger partial charge in [-0.2, -0.15) is 0 Å². The van der Waals surface area contributed by atoms with E-state index < -0.39 is 0 Å². The molecule has 0 aliphatic carbocycles. The van der Waals surface area contributed by atoms with E-state index in [1.165, 1.54) is 6.26 Å².